The quantitative estimate of drug-likeness (QED) is 0.523. The normalized spacial score (nSPS) is 15.2. The Morgan fingerprint density at radius 3 is 2.55 bits per heavy atom. The van der Waals surface area contributed by atoms with E-state index in [4.69, 9.17) is 0 Å². The van der Waals surface area contributed by atoms with E-state index in [0.29, 0.717) is 16.8 Å². The van der Waals surface area contributed by atoms with Crippen LogP contribution in [0.5, 0.6) is 0 Å². The molecule has 144 valence electrons. The second-order valence-corrected chi connectivity index (χ2v) is 6.30. The highest BCUT2D eigenvalue weighted by molar-refractivity contribution is 6.04. The van der Waals surface area contributed by atoms with Crippen molar-refractivity contribution in [3.8, 4) is 0 Å². The number of anilines is 1. The van der Waals surface area contributed by atoms with E-state index < -0.39 is 17.0 Å². The Morgan fingerprint density at radius 2 is 1.86 bits per heavy atom. The van der Waals surface area contributed by atoms with Gasteiger partial charge in [-0.1, -0.05) is 18.2 Å². The van der Waals surface area contributed by atoms with Crippen molar-refractivity contribution in [1.29, 1.82) is 0 Å². The van der Waals surface area contributed by atoms with Crippen LogP contribution in [-0.4, -0.2) is 26.7 Å². The van der Waals surface area contributed by atoms with Gasteiger partial charge in [0.25, 0.3) is 17.5 Å². The molecule has 0 fully saturated rings. The summed E-state index contributed by atoms with van der Waals surface area (Å²) in [5.74, 6) is -0.952. The number of nitro benzene ring substituents is 1. The van der Waals surface area contributed by atoms with Gasteiger partial charge in [-0.05, 0) is 30.3 Å². The fourth-order valence-electron chi connectivity index (χ4n) is 3.05. The van der Waals surface area contributed by atoms with Crippen molar-refractivity contribution < 1.29 is 14.5 Å². The van der Waals surface area contributed by atoms with Gasteiger partial charge in [-0.25, -0.2) is 5.01 Å². The van der Waals surface area contributed by atoms with Crippen LogP contribution in [0.3, 0.4) is 0 Å². The van der Waals surface area contributed by atoms with Gasteiger partial charge >= 0.3 is 0 Å². The topological polar surface area (TPSA) is 117 Å². The van der Waals surface area contributed by atoms with Crippen molar-refractivity contribution in [2.45, 2.75) is 6.17 Å². The molecule has 1 aromatic heterocycles. The number of pyridine rings is 1. The van der Waals surface area contributed by atoms with E-state index in [9.17, 15) is 19.7 Å². The number of hydrogen-bond donors (Lipinski definition) is 2. The number of hydrazine groups is 1. The maximum atomic E-state index is 13.1. The predicted octanol–water partition coefficient (Wildman–Crippen LogP) is 2.90. The molecular weight excluding hydrogens is 374 g/mol. The number of aromatic nitrogens is 1. The second kappa shape index (κ2) is 7.39. The molecule has 4 rings (SSSR count). The summed E-state index contributed by atoms with van der Waals surface area (Å²) in [4.78, 5) is 40.1. The van der Waals surface area contributed by atoms with Crippen molar-refractivity contribution in [2.24, 2.45) is 0 Å². The summed E-state index contributed by atoms with van der Waals surface area (Å²) in [5.41, 5.74) is 4.41. The Hall–Kier alpha value is -4.27. The number of nitro groups is 1. The van der Waals surface area contributed by atoms with Gasteiger partial charge in [0, 0.05) is 41.3 Å². The number of nitrogens with zero attached hydrogens (tertiary/aromatic N) is 3. The molecule has 2 heterocycles. The second-order valence-electron chi connectivity index (χ2n) is 6.30. The summed E-state index contributed by atoms with van der Waals surface area (Å²) in [6.45, 7) is 0. The molecular formula is C20H15N5O4. The molecule has 0 radical (unpaired) electrons. The third-order valence-electron chi connectivity index (χ3n) is 4.49. The van der Waals surface area contributed by atoms with E-state index in [1.807, 2.05) is 6.07 Å². The number of amides is 2. The number of rotatable bonds is 4. The summed E-state index contributed by atoms with van der Waals surface area (Å²) >= 11 is 0. The Morgan fingerprint density at radius 1 is 1.10 bits per heavy atom. The van der Waals surface area contributed by atoms with E-state index in [2.05, 4.69) is 15.7 Å². The van der Waals surface area contributed by atoms with Crippen LogP contribution in [0.15, 0.2) is 73.1 Å². The minimum absolute atomic E-state index is 0.126. The first-order valence-corrected chi connectivity index (χ1v) is 8.69. The number of carbonyl (C=O) groups excluding carboxylic acids is 2. The van der Waals surface area contributed by atoms with E-state index in [-0.39, 0.29) is 17.2 Å². The largest absolute Gasteiger partial charge is 0.359 e. The predicted molar refractivity (Wildman–Crippen MR) is 104 cm³/mol. The smallest absolute Gasteiger partial charge is 0.276 e. The molecule has 0 aliphatic carbocycles. The van der Waals surface area contributed by atoms with Gasteiger partial charge < -0.3 is 5.32 Å². The van der Waals surface area contributed by atoms with Crippen LogP contribution in [0, 0.1) is 10.1 Å². The molecule has 0 spiro atoms. The van der Waals surface area contributed by atoms with Crippen LogP contribution < -0.4 is 10.7 Å². The third kappa shape index (κ3) is 3.48. The molecule has 0 saturated heterocycles. The maximum Gasteiger partial charge on any atom is 0.276 e. The van der Waals surface area contributed by atoms with E-state index in [0.717, 1.165) is 0 Å². The molecule has 3 aromatic rings. The van der Waals surface area contributed by atoms with E-state index in [1.165, 1.54) is 29.3 Å². The summed E-state index contributed by atoms with van der Waals surface area (Å²) in [7, 11) is 0. The van der Waals surface area contributed by atoms with E-state index >= 15 is 0 Å². The minimum Gasteiger partial charge on any atom is -0.359 e. The minimum atomic E-state index is -0.673. The SMILES string of the molecule is O=C(NN1C(=O)c2ccccc2N[C@H]1c1cccnc1)c1ccc([N+](=O)[O-])cc1. The number of fused-ring (bicyclic) bond motifs is 1. The zero-order valence-electron chi connectivity index (χ0n) is 15.0. The molecule has 2 amide bonds. The Kier molecular flexibility index (Phi) is 4.62. The van der Waals surface area contributed by atoms with Crippen LogP contribution in [0.4, 0.5) is 11.4 Å². The highest BCUT2D eigenvalue weighted by Gasteiger charge is 2.34. The summed E-state index contributed by atoms with van der Waals surface area (Å²) in [6, 6.07) is 15.7. The molecule has 2 aromatic carbocycles. The number of benzene rings is 2. The van der Waals surface area contributed by atoms with Gasteiger partial charge in [-0.15, -0.1) is 0 Å². The van der Waals surface area contributed by atoms with E-state index in [1.54, 1.807) is 42.7 Å². The lowest BCUT2D eigenvalue weighted by Gasteiger charge is -2.37. The number of para-hydroxylation sites is 1. The van der Waals surface area contributed by atoms with Gasteiger partial charge in [0.15, 0.2) is 0 Å². The number of non-ortho nitro benzene ring substituents is 1. The monoisotopic (exact) mass is 389 g/mol. The van der Waals surface area contributed by atoms with Crippen molar-refractivity contribution in [3.05, 3.63) is 99.9 Å². The Bertz CT molecular complexity index is 1090. The van der Waals surface area contributed by atoms with Crippen LogP contribution in [0.1, 0.15) is 32.4 Å². The van der Waals surface area contributed by atoms with Crippen LogP contribution in [0.25, 0.3) is 0 Å². The molecule has 0 unspecified atom stereocenters. The molecule has 0 bridgehead atoms. The zero-order chi connectivity index (χ0) is 20.4. The summed E-state index contributed by atoms with van der Waals surface area (Å²) in [5, 5.41) is 15.2. The van der Waals surface area contributed by atoms with Gasteiger partial charge in [-0.2, -0.15) is 0 Å². The molecule has 2 N–H and O–H groups in total. The van der Waals surface area contributed by atoms with Gasteiger partial charge in [0.2, 0.25) is 0 Å². The molecule has 1 atom stereocenters. The molecule has 29 heavy (non-hydrogen) atoms. The lowest BCUT2D eigenvalue weighted by molar-refractivity contribution is -0.384. The maximum absolute atomic E-state index is 13.1. The van der Waals surface area contributed by atoms with Crippen LogP contribution in [0.2, 0.25) is 0 Å². The molecule has 9 nitrogen and oxygen atoms in total. The fraction of sp³-hybridized carbons (Fsp3) is 0.0500. The number of hydrogen-bond acceptors (Lipinski definition) is 6. The third-order valence-corrected chi connectivity index (χ3v) is 4.49. The van der Waals surface area contributed by atoms with Crippen molar-refractivity contribution >= 4 is 23.2 Å². The summed E-state index contributed by atoms with van der Waals surface area (Å²) in [6.07, 6.45) is 2.54. The van der Waals surface area contributed by atoms with Gasteiger partial charge in [0.1, 0.15) is 6.17 Å². The highest BCUT2D eigenvalue weighted by atomic mass is 16.6. The van der Waals surface area contributed by atoms with Crippen molar-refractivity contribution in [3.63, 3.8) is 0 Å². The molecule has 1 aliphatic heterocycles. The first kappa shape index (κ1) is 18.1. The average molecular weight is 389 g/mol. The van der Waals surface area contributed by atoms with Crippen LogP contribution in [-0.2, 0) is 0 Å². The fourth-order valence-corrected chi connectivity index (χ4v) is 3.05. The van der Waals surface area contributed by atoms with Crippen molar-refractivity contribution in [2.75, 3.05) is 5.32 Å². The highest BCUT2D eigenvalue weighted by Crippen LogP contribution is 2.31. The number of carbonyl (C=O) groups is 2. The van der Waals surface area contributed by atoms with Crippen LogP contribution >= 0.6 is 0 Å². The lowest BCUT2D eigenvalue weighted by atomic mass is 10.1. The Balaban J connectivity index is 1.66. The summed E-state index contributed by atoms with van der Waals surface area (Å²) < 4.78 is 0. The molecule has 9 heteroatoms. The molecule has 1 aliphatic rings. The van der Waals surface area contributed by atoms with Gasteiger partial charge in [-0.3, -0.25) is 30.1 Å². The standard InChI is InChI=1S/C20H15N5O4/c26-19(13-7-9-15(10-8-13)25(28)29)23-24-18(14-4-3-11-21-12-14)22-17-6-2-1-5-16(17)20(24)27/h1-12,18,22H,(H,23,26)/t18-/m1/s1. The average Bonchev–Trinajstić information content (AvgIpc) is 2.76. The lowest BCUT2D eigenvalue weighted by Crippen LogP contribution is -2.52. The van der Waals surface area contributed by atoms with Crippen molar-refractivity contribution in [1.82, 2.24) is 15.4 Å². The molecule has 0 saturated carbocycles. The number of nitrogens with one attached hydrogen (secondary N) is 2. The zero-order valence-corrected chi connectivity index (χ0v) is 15.0. The first-order chi connectivity index (χ1) is 14.0. The first-order valence-electron chi connectivity index (χ1n) is 8.69. The van der Waals surface area contributed by atoms with Gasteiger partial charge in [0.05, 0.1) is 10.5 Å². The Labute approximate surface area is 165 Å².